The molecule has 5 rings (SSSR count). The van der Waals surface area contributed by atoms with E-state index in [1.165, 1.54) is 6.07 Å². The third-order valence-corrected chi connectivity index (χ3v) is 17.7. The van der Waals surface area contributed by atoms with Gasteiger partial charge in [-0.15, -0.1) is 0 Å². The Morgan fingerprint density at radius 2 is 1.18 bits per heavy atom. The Morgan fingerprint density at radius 1 is 0.735 bits per heavy atom. The summed E-state index contributed by atoms with van der Waals surface area (Å²) in [7, 11) is 0. The maximum atomic E-state index is 14.4. The molecule has 1 saturated heterocycles. The van der Waals surface area contributed by atoms with Crippen molar-refractivity contribution >= 4 is 42.6 Å². The molecule has 1 atom stereocenters. The normalized spacial score (nSPS) is 17.4. The Labute approximate surface area is 208 Å². The van der Waals surface area contributed by atoms with E-state index in [0.717, 1.165) is 15.9 Å². The number of likely N-dealkylation sites (tertiary alicyclic amines) is 1. The van der Waals surface area contributed by atoms with Crippen molar-refractivity contribution in [2.45, 2.75) is 18.6 Å². The minimum atomic E-state index is -3.42. The molecule has 4 aromatic carbocycles. The Kier molecular flexibility index (Phi) is 6.14. The summed E-state index contributed by atoms with van der Waals surface area (Å²) in [6, 6.07) is 37.8. The Bertz CT molecular complexity index is 1200. The summed E-state index contributed by atoms with van der Waals surface area (Å²) in [6.45, 7) is 0.869. The maximum absolute atomic E-state index is 14.4. The molecule has 1 fully saturated rings. The molecule has 1 aliphatic rings. The first kappa shape index (κ1) is 23.0. The van der Waals surface area contributed by atoms with Gasteiger partial charge in [0.15, 0.2) is 0 Å². The van der Waals surface area contributed by atoms with Crippen LogP contribution in [0.15, 0.2) is 115 Å². The summed E-state index contributed by atoms with van der Waals surface area (Å²) in [5, 5.41) is -0.0581. The van der Waals surface area contributed by atoms with Gasteiger partial charge in [-0.2, -0.15) is 0 Å². The van der Waals surface area contributed by atoms with Crippen LogP contribution in [0.3, 0.4) is 0 Å². The predicted molar refractivity (Wildman–Crippen MR) is 144 cm³/mol. The average Bonchev–Trinajstić information content (AvgIpc) is 3.27. The number of hydrogen-bond acceptors (Lipinski definition) is 1. The molecule has 2 nitrogen and oxygen atoms in total. The summed E-state index contributed by atoms with van der Waals surface area (Å²) in [5.41, 5.74) is 0.246. The summed E-state index contributed by atoms with van der Waals surface area (Å²) in [5.74, 6) is -0.210. The van der Waals surface area contributed by atoms with Gasteiger partial charge in [0.25, 0.3) is 0 Å². The van der Waals surface area contributed by atoms with Crippen LogP contribution >= 0.6 is 20.8 Å². The second kappa shape index (κ2) is 9.09. The fraction of sp³-hybridized carbons (Fsp3) is 0.138. The number of carbonyl (C=O) groups is 1. The number of nitrogens with zero attached hydrogens (tertiary/aromatic N) is 1. The molecular weight excluding hydrogens is 508 g/mol. The van der Waals surface area contributed by atoms with Gasteiger partial charge in [-0.05, 0) is 0 Å². The van der Waals surface area contributed by atoms with Gasteiger partial charge in [-0.1, -0.05) is 0 Å². The van der Waals surface area contributed by atoms with Gasteiger partial charge in [0.2, 0.25) is 0 Å². The third kappa shape index (κ3) is 3.52. The molecule has 0 bridgehead atoms. The van der Waals surface area contributed by atoms with E-state index in [1.807, 2.05) is 65.6 Å². The van der Waals surface area contributed by atoms with Gasteiger partial charge < -0.3 is 0 Å². The van der Waals surface area contributed by atoms with E-state index in [-0.39, 0.29) is 23.9 Å². The van der Waals surface area contributed by atoms with Crippen molar-refractivity contribution in [1.29, 1.82) is 0 Å². The van der Waals surface area contributed by atoms with Gasteiger partial charge in [0.05, 0.1) is 0 Å². The zero-order valence-corrected chi connectivity index (χ0v) is 21.2. The van der Waals surface area contributed by atoms with Gasteiger partial charge in [-0.3, -0.25) is 0 Å². The number of hydrogen-bond donors (Lipinski definition) is 0. The van der Waals surface area contributed by atoms with Crippen LogP contribution in [0.2, 0.25) is 0 Å². The van der Waals surface area contributed by atoms with Crippen LogP contribution in [0.5, 0.6) is 0 Å². The third-order valence-electron chi connectivity index (χ3n) is 6.96. The zero-order valence-electron chi connectivity index (χ0n) is 18.7. The minimum absolute atomic E-state index is 0.0642. The van der Waals surface area contributed by atoms with Crippen LogP contribution in [0.1, 0.15) is 12.0 Å². The van der Waals surface area contributed by atoms with E-state index in [4.69, 9.17) is 0 Å². The van der Waals surface area contributed by atoms with Crippen LogP contribution < -0.4 is 15.9 Å². The molecule has 1 unspecified atom stereocenters. The Balaban J connectivity index is 1.72. The van der Waals surface area contributed by atoms with E-state index in [0.29, 0.717) is 18.5 Å². The molecule has 0 radical (unpaired) electrons. The monoisotopic (exact) mass is 533 g/mol. The van der Waals surface area contributed by atoms with Crippen molar-refractivity contribution in [3.63, 3.8) is 0 Å². The van der Waals surface area contributed by atoms with Crippen molar-refractivity contribution in [2.24, 2.45) is 0 Å². The second-order valence-electron chi connectivity index (χ2n) is 8.74. The number of benzene rings is 4. The summed E-state index contributed by atoms with van der Waals surface area (Å²) < 4.78 is 14.4. The molecule has 172 valence electrons. The molecule has 0 spiro atoms. The molecule has 34 heavy (non-hydrogen) atoms. The number of rotatable bonds is 6. The van der Waals surface area contributed by atoms with Crippen LogP contribution in [0.25, 0.3) is 0 Å². The topological polar surface area (TPSA) is 20.3 Å². The standard InChI is InChI=1S/C29H26BrFNOP/c30-34(24-13-4-1-5-14-24,25-15-6-2-7-16-25,26-17-8-3-9-18-26)28-20-21-32(29(28)33)22-23-12-10-11-19-27(23)31/h1-19,28H,20-22H2. The van der Waals surface area contributed by atoms with E-state index >= 15 is 0 Å². The Hall–Kier alpha value is -2.81. The van der Waals surface area contributed by atoms with E-state index in [9.17, 15) is 9.18 Å². The quantitative estimate of drug-likeness (QED) is 0.288. The number of halogens is 2. The molecule has 0 N–H and O–H groups in total. The Morgan fingerprint density at radius 3 is 1.65 bits per heavy atom. The second-order valence-corrected chi connectivity index (χ2v) is 17.5. The van der Waals surface area contributed by atoms with Gasteiger partial charge >= 0.3 is 209 Å². The van der Waals surface area contributed by atoms with Crippen molar-refractivity contribution in [1.82, 2.24) is 4.90 Å². The fourth-order valence-electron chi connectivity index (χ4n) is 5.31. The molecule has 0 aliphatic carbocycles. The molecular formula is C29H26BrFNOP. The average molecular weight is 534 g/mol. The first-order valence-corrected chi connectivity index (χ1v) is 15.8. The first-order chi connectivity index (χ1) is 16.5. The molecule has 0 aromatic heterocycles. The van der Waals surface area contributed by atoms with Crippen molar-refractivity contribution in [2.75, 3.05) is 6.54 Å². The molecule has 0 saturated carbocycles. The predicted octanol–water partition coefficient (Wildman–Crippen LogP) is 5.77. The van der Waals surface area contributed by atoms with E-state index < -0.39 is 5.31 Å². The molecule has 5 heteroatoms. The number of carbonyl (C=O) groups excluding carboxylic acids is 1. The summed E-state index contributed by atoms with van der Waals surface area (Å²) in [4.78, 5) is 16.0. The molecule has 1 aliphatic heterocycles. The zero-order chi connectivity index (χ0) is 23.6. The van der Waals surface area contributed by atoms with Gasteiger partial charge in [0.1, 0.15) is 0 Å². The van der Waals surface area contributed by atoms with Crippen LogP contribution in [0, 0.1) is 5.82 Å². The van der Waals surface area contributed by atoms with E-state index in [1.54, 1.807) is 12.1 Å². The van der Waals surface area contributed by atoms with E-state index in [2.05, 4.69) is 51.9 Å². The van der Waals surface area contributed by atoms with Crippen molar-refractivity contribution in [3.8, 4) is 0 Å². The van der Waals surface area contributed by atoms with Crippen LogP contribution in [-0.4, -0.2) is 23.0 Å². The molecule has 1 heterocycles. The van der Waals surface area contributed by atoms with Crippen molar-refractivity contribution in [3.05, 3.63) is 127 Å². The van der Waals surface area contributed by atoms with Gasteiger partial charge in [-0.25, -0.2) is 0 Å². The van der Waals surface area contributed by atoms with Crippen LogP contribution in [-0.2, 0) is 11.3 Å². The summed E-state index contributed by atoms with van der Waals surface area (Å²) in [6.07, 6.45) is 0.690. The van der Waals surface area contributed by atoms with Crippen molar-refractivity contribution < 1.29 is 9.18 Å². The molecule has 4 aromatic rings. The number of amides is 1. The first-order valence-electron chi connectivity index (χ1n) is 11.5. The van der Waals surface area contributed by atoms with Gasteiger partial charge in [0, 0.05) is 0 Å². The summed E-state index contributed by atoms with van der Waals surface area (Å²) >= 11 is 4.42. The SMILES string of the molecule is O=C1C(P(Br)(c2ccccc2)(c2ccccc2)c2ccccc2)CCN1Cc1ccccc1F. The molecule has 1 amide bonds. The van der Waals surface area contributed by atoms with Crippen LogP contribution in [0.4, 0.5) is 4.39 Å². The fourth-order valence-corrected chi connectivity index (χ4v) is 14.0.